The average Bonchev–Trinajstić information content (AvgIpc) is 3.93. The highest BCUT2D eigenvalue weighted by molar-refractivity contribution is 6.12. The average molecular weight is 756 g/mol. The van der Waals surface area contributed by atoms with Crippen LogP contribution in [0.1, 0.15) is 22.3 Å². The van der Waals surface area contributed by atoms with Crippen LogP contribution in [0, 0.1) is 0 Å². The summed E-state index contributed by atoms with van der Waals surface area (Å²) < 4.78 is 20.5. The number of rotatable bonds is 4. The number of benzene rings is 9. The fourth-order valence-corrected chi connectivity index (χ4v) is 10.2. The molecule has 13 rings (SSSR count). The molecule has 1 spiro atoms. The van der Waals surface area contributed by atoms with Gasteiger partial charge in [0, 0.05) is 27.7 Å². The van der Waals surface area contributed by atoms with Crippen molar-refractivity contribution in [3.8, 4) is 56.4 Å². The van der Waals surface area contributed by atoms with Crippen molar-refractivity contribution in [3.63, 3.8) is 0 Å². The molecule has 59 heavy (non-hydrogen) atoms. The molecule has 3 aliphatic rings. The van der Waals surface area contributed by atoms with Crippen molar-refractivity contribution >= 4 is 39.0 Å². The molecule has 1 aromatic heterocycles. The third-order valence-electron chi connectivity index (χ3n) is 12.5. The lowest BCUT2D eigenvalue weighted by atomic mass is 9.70. The summed E-state index contributed by atoms with van der Waals surface area (Å²) in [5, 5.41) is 2.21. The molecule has 2 aliphatic carbocycles. The molecular weight excluding hydrogens is 723 g/mol. The Morgan fingerprint density at radius 2 is 0.983 bits per heavy atom. The molecule has 10 aromatic rings. The first-order valence-corrected chi connectivity index (χ1v) is 20.1. The van der Waals surface area contributed by atoms with E-state index in [1.54, 1.807) is 0 Å². The van der Waals surface area contributed by atoms with Crippen LogP contribution in [0.3, 0.4) is 0 Å². The monoisotopic (exact) mass is 755 g/mol. The summed E-state index contributed by atoms with van der Waals surface area (Å²) >= 11 is 0. The van der Waals surface area contributed by atoms with Gasteiger partial charge in [0.15, 0.2) is 23.0 Å². The topological polar surface area (TPSA) is 34.8 Å². The van der Waals surface area contributed by atoms with E-state index in [1.807, 2.05) is 30.3 Å². The minimum atomic E-state index is -0.470. The summed E-state index contributed by atoms with van der Waals surface area (Å²) in [5.41, 5.74) is 16.2. The van der Waals surface area contributed by atoms with E-state index in [4.69, 9.17) is 13.9 Å². The third-order valence-corrected chi connectivity index (χ3v) is 12.5. The Labute approximate surface area is 340 Å². The molecule has 276 valence electrons. The van der Waals surface area contributed by atoms with Gasteiger partial charge in [-0.05, 0) is 105 Å². The predicted molar refractivity (Wildman–Crippen MR) is 237 cm³/mol. The quantitative estimate of drug-likeness (QED) is 0.179. The van der Waals surface area contributed by atoms with E-state index in [0.717, 1.165) is 67.0 Å². The van der Waals surface area contributed by atoms with Gasteiger partial charge in [-0.1, -0.05) is 146 Å². The first kappa shape index (κ1) is 32.3. The van der Waals surface area contributed by atoms with Gasteiger partial charge in [0.2, 0.25) is 0 Å². The number of fused-ring (bicyclic) bond motifs is 16. The second kappa shape index (κ2) is 12.1. The SMILES string of the molecule is c1ccc(N(c2cccc(-c3cccc4oc5ccccc5c34)c2)c2cccc3c2Oc2ccc4c(c2O3)-c2ccccc2C42c3ccccc3-c3ccccc32)cc1. The van der Waals surface area contributed by atoms with E-state index in [2.05, 4.69) is 175 Å². The van der Waals surface area contributed by atoms with Gasteiger partial charge in [0.05, 0.1) is 11.1 Å². The lowest BCUT2D eigenvalue weighted by Gasteiger charge is -2.32. The summed E-state index contributed by atoms with van der Waals surface area (Å²) in [5.74, 6) is 2.76. The third kappa shape index (κ3) is 4.37. The maximum absolute atomic E-state index is 7.13. The normalized spacial score (nSPS) is 13.5. The van der Waals surface area contributed by atoms with Crippen LogP contribution in [0.25, 0.3) is 55.3 Å². The van der Waals surface area contributed by atoms with Crippen LogP contribution in [0.4, 0.5) is 17.1 Å². The van der Waals surface area contributed by atoms with Crippen LogP contribution in [-0.2, 0) is 5.41 Å². The van der Waals surface area contributed by atoms with Crippen LogP contribution in [-0.4, -0.2) is 0 Å². The van der Waals surface area contributed by atoms with Crippen LogP contribution < -0.4 is 14.4 Å². The molecule has 0 saturated carbocycles. The number of furan rings is 1. The molecule has 0 amide bonds. The summed E-state index contributed by atoms with van der Waals surface area (Å²) in [6.07, 6.45) is 0. The lowest BCUT2D eigenvalue weighted by Crippen LogP contribution is -2.25. The predicted octanol–water partition coefficient (Wildman–Crippen LogP) is 15.0. The largest absolute Gasteiger partial charge is 0.456 e. The zero-order valence-corrected chi connectivity index (χ0v) is 31.7. The van der Waals surface area contributed by atoms with Crippen molar-refractivity contribution in [1.29, 1.82) is 0 Å². The number of para-hydroxylation sites is 3. The molecule has 1 aliphatic heterocycles. The maximum Gasteiger partial charge on any atom is 0.194 e. The van der Waals surface area contributed by atoms with Gasteiger partial charge in [-0.2, -0.15) is 0 Å². The summed E-state index contributed by atoms with van der Waals surface area (Å²) in [6, 6.07) is 70.8. The highest BCUT2D eigenvalue weighted by Gasteiger charge is 2.53. The molecule has 4 heteroatoms. The Hall–Kier alpha value is -7.82. The van der Waals surface area contributed by atoms with Crippen molar-refractivity contribution in [2.75, 3.05) is 4.90 Å². The van der Waals surface area contributed by atoms with E-state index in [-0.39, 0.29) is 0 Å². The standard InChI is InChI=1S/C55H33NO3/c1-2-16-35(17-3-1)56(36-18-12-15-34(33-36)37-23-13-29-48-51(37)41-22-7-11-28-47(41)57-48)46-27-14-30-49-53(46)58-50-32-31-45-52(54(50)59-49)40-21-6-10-26-44(40)55(45)42-24-8-4-19-38(42)39-20-5-9-25-43(39)55/h1-33H. The van der Waals surface area contributed by atoms with Gasteiger partial charge in [0.25, 0.3) is 0 Å². The number of anilines is 3. The summed E-state index contributed by atoms with van der Waals surface area (Å²) in [7, 11) is 0. The Morgan fingerprint density at radius 1 is 0.390 bits per heavy atom. The fourth-order valence-electron chi connectivity index (χ4n) is 10.2. The van der Waals surface area contributed by atoms with Gasteiger partial charge < -0.3 is 18.8 Å². The van der Waals surface area contributed by atoms with Crippen molar-refractivity contribution < 1.29 is 13.9 Å². The smallest absolute Gasteiger partial charge is 0.194 e. The van der Waals surface area contributed by atoms with Crippen molar-refractivity contribution in [2.24, 2.45) is 0 Å². The van der Waals surface area contributed by atoms with Gasteiger partial charge >= 0.3 is 0 Å². The highest BCUT2D eigenvalue weighted by Crippen LogP contribution is 2.66. The number of ether oxygens (including phenoxy) is 2. The minimum Gasteiger partial charge on any atom is -0.456 e. The van der Waals surface area contributed by atoms with Gasteiger partial charge in [-0.25, -0.2) is 0 Å². The van der Waals surface area contributed by atoms with E-state index in [9.17, 15) is 0 Å². The number of hydrogen-bond acceptors (Lipinski definition) is 4. The van der Waals surface area contributed by atoms with Gasteiger partial charge in [-0.15, -0.1) is 0 Å². The number of nitrogens with zero attached hydrogens (tertiary/aromatic N) is 1. The maximum atomic E-state index is 7.13. The van der Waals surface area contributed by atoms with Crippen LogP contribution in [0.15, 0.2) is 205 Å². The Balaban J connectivity index is 0.973. The first-order chi connectivity index (χ1) is 29.3. The fraction of sp³-hybridized carbons (Fsp3) is 0.0182. The van der Waals surface area contributed by atoms with E-state index < -0.39 is 5.41 Å². The van der Waals surface area contributed by atoms with Gasteiger partial charge in [-0.3, -0.25) is 0 Å². The molecule has 0 saturated heterocycles. The molecule has 0 unspecified atom stereocenters. The van der Waals surface area contributed by atoms with Gasteiger partial charge in [0.1, 0.15) is 11.2 Å². The Morgan fingerprint density at radius 3 is 1.80 bits per heavy atom. The lowest BCUT2D eigenvalue weighted by molar-refractivity contribution is 0.361. The number of hydrogen-bond donors (Lipinski definition) is 0. The molecule has 2 heterocycles. The van der Waals surface area contributed by atoms with Crippen molar-refractivity contribution in [2.45, 2.75) is 5.41 Å². The van der Waals surface area contributed by atoms with Crippen LogP contribution in [0.2, 0.25) is 0 Å². The van der Waals surface area contributed by atoms with Crippen molar-refractivity contribution in [1.82, 2.24) is 0 Å². The first-order valence-electron chi connectivity index (χ1n) is 20.1. The molecule has 0 radical (unpaired) electrons. The van der Waals surface area contributed by atoms with Crippen molar-refractivity contribution in [3.05, 3.63) is 222 Å². The second-order valence-electron chi connectivity index (χ2n) is 15.5. The van der Waals surface area contributed by atoms with Crippen LogP contribution >= 0.6 is 0 Å². The Bertz CT molecular complexity index is 3320. The zero-order valence-electron chi connectivity index (χ0n) is 31.7. The summed E-state index contributed by atoms with van der Waals surface area (Å²) in [4.78, 5) is 2.26. The minimum absolute atomic E-state index is 0.470. The van der Waals surface area contributed by atoms with Crippen LogP contribution in [0.5, 0.6) is 23.0 Å². The van der Waals surface area contributed by atoms with E-state index in [0.29, 0.717) is 17.2 Å². The molecular formula is C55H33NO3. The molecule has 0 bridgehead atoms. The van der Waals surface area contributed by atoms with E-state index in [1.165, 1.54) is 33.4 Å². The summed E-state index contributed by atoms with van der Waals surface area (Å²) in [6.45, 7) is 0. The zero-order chi connectivity index (χ0) is 38.7. The molecule has 0 atom stereocenters. The molecule has 9 aromatic carbocycles. The molecule has 0 N–H and O–H groups in total. The highest BCUT2D eigenvalue weighted by atomic mass is 16.6. The molecule has 0 fully saturated rings. The second-order valence-corrected chi connectivity index (χ2v) is 15.5. The van der Waals surface area contributed by atoms with E-state index >= 15 is 0 Å². The molecule has 4 nitrogen and oxygen atoms in total. The Kier molecular flexibility index (Phi) is 6.62.